The molecule has 4 nitrogen and oxygen atoms in total. The Morgan fingerprint density at radius 1 is 1.56 bits per heavy atom. The maximum Gasteiger partial charge on any atom is 0.176 e. The molecule has 2 unspecified atom stereocenters. The van der Waals surface area contributed by atoms with Crippen molar-refractivity contribution >= 4 is 0 Å². The molecule has 2 atom stereocenters. The molecule has 0 aliphatic carbocycles. The lowest BCUT2D eigenvalue weighted by Crippen LogP contribution is -2.39. The Morgan fingerprint density at radius 3 is 3.06 bits per heavy atom. The molecule has 0 radical (unpaired) electrons. The summed E-state index contributed by atoms with van der Waals surface area (Å²) in [6, 6.07) is 0. The van der Waals surface area contributed by atoms with Gasteiger partial charge in [-0.3, -0.25) is 4.98 Å². The van der Waals surface area contributed by atoms with Crippen molar-refractivity contribution in [3.05, 3.63) is 23.0 Å². The number of hydrogen-bond donors (Lipinski definition) is 1. The third-order valence-electron chi connectivity index (χ3n) is 4.12. The molecule has 0 aromatic carbocycles. The van der Waals surface area contributed by atoms with Crippen molar-refractivity contribution in [2.24, 2.45) is 0 Å². The summed E-state index contributed by atoms with van der Waals surface area (Å²) in [6.07, 6.45) is 2.25. The van der Waals surface area contributed by atoms with E-state index in [1.54, 1.807) is 0 Å². The van der Waals surface area contributed by atoms with Crippen LogP contribution in [-0.4, -0.2) is 46.7 Å². The molecule has 1 fully saturated rings. The van der Waals surface area contributed by atoms with Gasteiger partial charge < -0.3 is 9.59 Å². The number of rotatable bonds is 0. The van der Waals surface area contributed by atoms with Crippen molar-refractivity contribution in [3.63, 3.8) is 0 Å². The van der Waals surface area contributed by atoms with E-state index in [1.807, 2.05) is 13.1 Å². The van der Waals surface area contributed by atoms with E-state index >= 15 is 0 Å². The van der Waals surface area contributed by atoms with Gasteiger partial charge >= 0.3 is 0 Å². The average Bonchev–Trinajstić information content (AvgIpc) is 2.68. The van der Waals surface area contributed by atoms with Gasteiger partial charge in [-0.25, -0.2) is 4.90 Å². The van der Waals surface area contributed by atoms with Crippen molar-refractivity contribution in [2.75, 3.05) is 27.2 Å². The van der Waals surface area contributed by atoms with Crippen molar-refractivity contribution in [3.8, 4) is 5.75 Å². The Balaban J connectivity index is 2.20. The lowest BCUT2D eigenvalue weighted by Gasteiger charge is -2.30. The molecule has 1 aromatic heterocycles. The lowest BCUT2D eigenvalue weighted by molar-refractivity contribution is -0.938. The standard InChI is InChI=1S/C12H17N3O/c1-8-11(16)10-9(6-13-8)7-15(3)5-4-14(2)12(10)15/h6,12H,4-5,7H2,1-3H3/p+1. The topological polar surface area (TPSA) is 36.4 Å². The highest BCUT2D eigenvalue weighted by molar-refractivity contribution is 5.44. The molecular weight excluding hydrogens is 202 g/mol. The summed E-state index contributed by atoms with van der Waals surface area (Å²) in [7, 11) is 4.40. The minimum Gasteiger partial charge on any atom is -0.505 e. The van der Waals surface area contributed by atoms with E-state index < -0.39 is 0 Å². The molecule has 0 spiro atoms. The Kier molecular flexibility index (Phi) is 1.86. The highest BCUT2D eigenvalue weighted by Crippen LogP contribution is 2.47. The Morgan fingerprint density at radius 2 is 2.31 bits per heavy atom. The predicted molar refractivity (Wildman–Crippen MR) is 60.8 cm³/mol. The Labute approximate surface area is 95.7 Å². The summed E-state index contributed by atoms with van der Waals surface area (Å²) in [5, 5.41) is 10.2. The highest BCUT2D eigenvalue weighted by atomic mass is 16.3. The second-order valence-corrected chi connectivity index (χ2v) is 5.35. The van der Waals surface area contributed by atoms with Gasteiger partial charge in [0, 0.05) is 11.8 Å². The van der Waals surface area contributed by atoms with Gasteiger partial charge in [-0.1, -0.05) is 0 Å². The second-order valence-electron chi connectivity index (χ2n) is 5.35. The first-order valence-electron chi connectivity index (χ1n) is 5.75. The normalized spacial score (nSPS) is 32.8. The average molecular weight is 220 g/mol. The number of hydrogen-bond acceptors (Lipinski definition) is 3. The summed E-state index contributed by atoms with van der Waals surface area (Å²) in [5.41, 5.74) is 3.06. The molecule has 3 rings (SSSR count). The third-order valence-corrected chi connectivity index (χ3v) is 4.12. The van der Waals surface area contributed by atoms with Crippen LogP contribution in [0.4, 0.5) is 0 Å². The van der Waals surface area contributed by atoms with E-state index in [-0.39, 0.29) is 0 Å². The molecule has 2 aliphatic heterocycles. The summed E-state index contributed by atoms with van der Waals surface area (Å²) in [5.74, 6) is 0.401. The quantitative estimate of drug-likeness (QED) is 0.663. The Bertz CT molecular complexity index is 460. The zero-order chi connectivity index (χ0) is 11.5. The molecule has 4 heteroatoms. The van der Waals surface area contributed by atoms with Crippen LogP contribution >= 0.6 is 0 Å². The minimum absolute atomic E-state index is 0.316. The number of nitrogens with zero attached hydrogens (tertiary/aromatic N) is 3. The van der Waals surface area contributed by atoms with Crippen LogP contribution in [0.15, 0.2) is 6.20 Å². The zero-order valence-electron chi connectivity index (χ0n) is 10.1. The van der Waals surface area contributed by atoms with Crippen LogP contribution in [0, 0.1) is 6.92 Å². The predicted octanol–water partition coefficient (Wildman–Crippen LogP) is 1.000. The van der Waals surface area contributed by atoms with Crippen LogP contribution < -0.4 is 0 Å². The summed E-state index contributed by atoms with van der Waals surface area (Å²) in [6.45, 7) is 5.11. The number of fused-ring (bicyclic) bond motifs is 3. The van der Waals surface area contributed by atoms with Gasteiger partial charge in [-0.05, 0) is 14.0 Å². The van der Waals surface area contributed by atoms with Crippen LogP contribution in [0.3, 0.4) is 0 Å². The number of pyridine rings is 1. The fraction of sp³-hybridized carbons (Fsp3) is 0.583. The molecule has 0 bridgehead atoms. The van der Waals surface area contributed by atoms with Gasteiger partial charge in [0.15, 0.2) is 6.17 Å². The fourth-order valence-electron chi connectivity index (χ4n) is 3.26. The highest BCUT2D eigenvalue weighted by Gasteiger charge is 2.51. The maximum atomic E-state index is 10.2. The van der Waals surface area contributed by atoms with E-state index in [9.17, 15) is 5.11 Å². The lowest BCUT2D eigenvalue weighted by atomic mass is 10.1. The number of aromatic nitrogens is 1. The van der Waals surface area contributed by atoms with E-state index in [2.05, 4.69) is 24.0 Å². The van der Waals surface area contributed by atoms with Crippen LogP contribution in [-0.2, 0) is 6.54 Å². The fourth-order valence-corrected chi connectivity index (χ4v) is 3.26. The first-order chi connectivity index (χ1) is 7.53. The van der Waals surface area contributed by atoms with Crippen LogP contribution in [0.5, 0.6) is 5.75 Å². The molecule has 3 heterocycles. The molecule has 16 heavy (non-hydrogen) atoms. The summed E-state index contributed by atoms with van der Waals surface area (Å²) >= 11 is 0. The number of aromatic hydroxyl groups is 1. The number of likely N-dealkylation sites (N-methyl/N-ethyl adjacent to an activating group) is 2. The largest absolute Gasteiger partial charge is 0.505 e. The molecule has 86 valence electrons. The van der Waals surface area contributed by atoms with Crippen LogP contribution in [0.25, 0.3) is 0 Å². The number of aryl methyl sites for hydroxylation is 1. The Hall–Kier alpha value is -1.13. The molecule has 0 saturated carbocycles. The van der Waals surface area contributed by atoms with E-state index in [4.69, 9.17) is 0 Å². The van der Waals surface area contributed by atoms with Crippen molar-refractivity contribution in [2.45, 2.75) is 19.6 Å². The second kappa shape index (κ2) is 2.96. The van der Waals surface area contributed by atoms with Gasteiger partial charge in [0.1, 0.15) is 12.3 Å². The third kappa shape index (κ3) is 1.09. The number of quaternary nitrogens is 1. The first-order valence-corrected chi connectivity index (χ1v) is 5.75. The zero-order valence-corrected chi connectivity index (χ0v) is 10.1. The summed E-state index contributed by atoms with van der Waals surface area (Å²) in [4.78, 5) is 6.59. The van der Waals surface area contributed by atoms with E-state index in [1.165, 1.54) is 5.56 Å². The molecule has 1 aromatic rings. The van der Waals surface area contributed by atoms with Gasteiger partial charge in [0.2, 0.25) is 0 Å². The molecule has 1 saturated heterocycles. The molecule has 1 N–H and O–H groups in total. The SMILES string of the molecule is Cc1ncc2c(c1O)C1N(C)CC[N+]1(C)C2. The monoisotopic (exact) mass is 220 g/mol. The first kappa shape index (κ1) is 10.1. The van der Waals surface area contributed by atoms with E-state index in [0.29, 0.717) is 11.9 Å². The van der Waals surface area contributed by atoms with Gasteiger partial charge in [-0.15, -0.1) is 0 Å². The molecule has 0 amide bonds. The van der Waals surface area contributed by atoms with Gasteiger partial charge in [0.25, 0.3) is 0 Å². The maximum absolute atomic E-state index is 10.2. The summed E-state index contributed by atoms with van der Waals surface area (Å²) < 4.78 is 0.991. The van der Waals surface area contributed by atoms with Crippen molar-refractivity contribution in [1.29, 1.82) is 0 Å². The van der Waals surface area contributed by atoms with Gasteiger partial charge in [0.05, 0.1) is 31.4 Å². The van der Waals surface area contributed by atoms with Gasteiger partial charge in [-0.2, -0.15) is 0 Å². The van der Waals surface area contributed by atoms with Crippen LogP contribution in [0.1, 0.15) is 23.0 Å². The molecule has 2 aliphatic rings. The van der Waals surface area contributed by atoms with E-state index in [0.717, 1.165) is 35.4 Å². The minimum atomic E-state index is 0.316. The van der Waals surface area contributed by atoms with Crippen molar-refractivity contribution in [1.82, 2.24) is 9.88 Å². The molecular formula is C12H18N3O+. The van der Waals surface area contributed by atoms with Crippen molar-refractivity contribution < 1.29 is 9.59 Å². The smallest absolute Gasteiger partial charge is 0.176 e. The van der Waals surface area contributed by atoms with Crippen LogP contribution in [0.2, 0.25) is 0 Å².